The molecule has 88 valence electrons. The average Bonchev–Trinajstić information content (AvgIpc) is 2.31. The Balaban J connectivity index is 2.30. The molecule has 1 saturated carbocycles. The Hall–Kier alpha value is -1.02. The lowest BCUT2D eigenvalue weighted by Crippen LogP contribution is -2.38. The van der Waals surface area contributed by atoms with Crippen LogP contribution in [0, 0.1) is 0 Å². The van der Waals surface area contributed by atoms with Gasteiger partial charge in [0.2, 0.25) is 0 Å². The third-order valence-corrected chi connectivity index (χ3v) is 3.47. The number of hydrogen-bond donors (Lipinski definition) is 1. The summed E-state index contributed by atoms with van der Waals surface area (Å²) in [5, 5.41) is 0. The molecule has 0 aliphatic heterocycles. The molecule has 0 bridgehead atoms. The monoisotopic (exact) mass is 219 g/mol. The van der Waals surface area contributed by atoms with E-state index in [4.69, 9.17) is 10.5 Å². The van der Waals surface area contributed by atoms with Gasteiger partial charge in [-0.1, -0.05) is 37.5 Å². The van der Waals surface area contributed by atoms with Gasteiger partial charge in [-0.2, -0.15) is 0 Å². The van der Waals surface area contributed by atoms with Crippen LogP contribution in [-0.4, -0.2) is 6.61 Å². The van der Waals surface area contributed by atoms with Crippen LogP contribution in [0.3, 0.4) is 0 Å². The molecular weight excluding hydrogens is 198 g/mol. The molecule has 0 aromatic heterocycles. The minimum absolute atomic E-state index is 0.163. The maximum atomic E-state index is 6.53. The quantitative estimate of drug-likeness (QED) is 0.847. The topological polar surface area (TPSA) is 35.2 Å². The van der Waals surface area contributed by atoms with Crippen molar-refractivity contribution in [3.8, 4) is 5.75 Å². The first-order valence-corrected chi connectivity index (χ1v) is 6.27. The standard InChI is InChI=1S/C14H21NO/c1-2-16-13-9-5-4-8-12(13)14(15)10-6-3-7-11-14/h4-5,8-9H,2-3,6-7,10-11,15H2,1H3. The van der Waals surface area contributed by atoms with Gasteiger partial charge in [0.25, 0.3) is 0 Å². The summed E-state index contributed by atoms with van der Waals surface area (Å²) in [6, 6.07) is 8.22. The van der Waals surface area contributed by atoms with Gasteiger partial charge < -0.3 is 10.5 Å². The summed E-state index contributed by atoms with van der Waals surface area (Å²) in [7, 11) is 0. The zero-order valence-electron chi connectivity index (χ0n) is 10.0. The van der Waals surface area contributed by atoms with Crippen molar-refractivity contribution in [3.63, 3.8) is 0 Å². The molecule has 1 aliphatic carbocycles. The molecule has 0 atom stereocenters. The number of hydrogen-bond acceptors (Lipinski definition) is 2. The molecule has 1 aromatic carbocycles. The number of benzene rings is 1. The van der Waals surface area contributed by atoms with Crippen molar-refractivity contribution in [2.24, 2.45) is 5.73 Å². The van der Waals surface area contributed by atoms with E-state index in [0.29, 0.717) is 6.61 Å². The van der Waals surface area contributed by atoms with Crippen molar-refractivity contribution in [2.75, 3.05) is 6.61 Å². The summed E-state index contributed by atoms with van der Waals surface area (Å²) in [6.45, 7) is 2.72. The van der Waals surface area contributed by atoms with E-state index in [-0.39, 0.29) is 5.54 Å². The van der Waals surface area contributed by atoms with E-state index < -0.39 is 0 Å². The third kappa shape index (κ3) is 2.22. The number of nitrogens with two attached hydrogens (primary N) is 1. The highest BCUT2D eigenvalue weighted by Gasteiger charge is 2.31. The van der Waals surface area contributed by atoms with Crippen LogP contribution in [0.15, 0.2) is 24.3 Å². The fourth-order valence-corrected chi connectivity index (χ4v) is 2.61. The maximum Gasteiger partial charge on any atom is 0.124 e. The van der Waals surface area contributed by atoms with Crippen LogP contribution in [0.1, 0.15) is 44.6 Å². The molecule has 0 unspecified atom stereocenters. The molecule has 2 N–H and O–H groups in total. The molecule has 16 heavy (non-hydrogen) atoms. The lowest BCUT2D eigenvalue weighted by molar-refractivity contribution is 0.277. The molecule has 1 fully saturated rings. The Morgan fingerprint density at radius 1 is 1.19 bits per heavy atom. The van der Waals surface area contributed by atoms with E-state index in [2.05, 4.69) is 12.1 Å². The number of ether oxygens (including phenoxy) is 1. The van der Waals surface area contributed by atoms with Crippen molar-refractivity contribution in [1.82, 2.24) is 0 Å². The smallest absolute Gasteiger partial charge is 0.124 e. The van der Waals surface area contributed by atoms with Gasteiger partial charge in [-0.15, -0.1) is 0 Å². The van der Waals surface area contributed by atoms with E-state index >= 15 is 0 Å². The van der Waals surface area contributed by atoms with E-state index in [9.17, 15) is 0 Å². The van der Waals surface area contributed by atoms with Gasteiger partial charge in [-0.05, 0) is 25.8 Å². The molecule has 0 spiro atoms. The van der Waals surface area contributed by atoms with Crippen molar-refractivity contribution in [3.05, 3.63) is 29.8 Å². The van der Waals surface area contributed by atoms with Gasteiger partial charge in [-0.25, -0.2) is 0 Å². The predicted octanol–water partition coefficient (Wildman–Crippen LogP) is 3.20. The van der Waals surface area contributed by atoms with Crippen molar-refractivity contribution >= 4 is 0 Å². The Labute approximate surface area is 97.8 Å². The Morgan fingerprint density at radius 3 is 2.56 bits per heavy atom. The van der Waals surface area contributed by atoms with Gasteiger partial charge in [0, 0.05) is 11.1 Å². The van der Waals surface area contributed by atoms with Gasteiger partial charge in [0.15, 0.2) is 0 Å². The highest BCUT2D eigenvalue weighted by Crippen LogP contribution is 2.38. The first kappa shape index (κ1) is 11.5. The van der Waals surface area contributed by atoms with E-state index in [1.54, 1.807) is 0 Å². The summed E-state index contributed by atoms with van der Waals surface area (Å²) in [4.78, 5) is 0. The Bertz CT molecular complexity index is 342. The van der Waals surface area contributed by atoms with Crippen LogP contribution >= 0.6 is 0 Å². The van der Waals surface area contributed by atoms with Crippen LogP contribution in [0.25, 0.3) is 0 Å². The third-order valence-electron chi connectivity index (χ3n) is 3.47. The molecular formula is C14H21NO. The highest BCUT2D eigenvalue weighted by atomic mass is 16.5. The Kier molecular flexibility index (Phi) is 3.49. The first-order chi connectivity index (χ1) is 7.76. The lowest BCUT2D eigenvalue weighted by Gasteiger charge is -2.35. The maximum absolute atomic E-state index is 6.53. The molecule has 2 nitrogen and oxygen atoms in total. The average molecular weight is 219 g/mol. The molecule has 1 aliphatic rings. The van der Waals surface area contributed by atoms with E-state index in [1.165, 1.54) is 24.8 Å². The fraction of sp³-hybridized carbons (Fsp3) is 0.571. The summed E-state index contributed by atoms with van der Waals surface area (Å²) in [6.07, 6.45) is 5.94. The fourth-order valence-electron chi connectivity index (χ4n) is 2.61. The van der Waals surface area contributed by atoms with Crippen LogP contribution in [0.2, 0.25) is 0 Å². The number of para-hydroxylation sites is 1. The second-order valence-electron chi connectivity index (χ2n) is 4.65. The van der Waals surface area contributed by atoms with Crippen molar-refractivity contribution < 1.29 is 4.74 Å². The molecule has 0 saturated heterocycles. The minimum Gasteiger partial charge on any atom is -0.494 e. The molecule has 1 aromatic rings. The second-order valence-corrected chi connectivity index (χ2v) is 4.65. The van der Waals surface area contributed by atoms with Crippen LogP contribution in [-0.2, 0) is 5.54 Å². The molecule has 0 amide bonds. The van der Waals surface area contributed by atoms with Gasteiger partial charge in [0.05, 0.1) is 6.61 Å². The summed E-state index contributed by atoms with van der Waals surface area (Å²) in [5.41, 5.74) is 7.56. The zero-order valence-corrected chi connectivity index (χ0v) is 10.0. The van der Waals surface area contributed by atoms with Gasteiger partial charge in [0.1, 0.15) is 5.75 Å². The van der Waals surface area contributed by atoms with E-state index in [1.807, 2.05) is 19.1 Å². The highest BCUT2D eigenvalue weighted by molar-refractivity contribution is 5.39. The molecule has 0 radical (unpaired) electrons. The van der Waals surface area contributed by atoms with Crippen LogP contribution in [0.4, 0.5) is 0 Å². The normalized spacial score (nSPS) is 19.4. The van der Waals surface area contributed by atoms with Crippen molar-refractivity contribution in [1.29, 1.82) is 0 Å². The van der Waals surface area contributed by atoms with E-state index in [0.717, 1.165) is 18.6 Å². The SMILES string of the molecule is CCOc1ccccc1C1(N)CCCCC1. The molecule has 2 heteroatoms. The van der Waals surface area contributed by atoms with Crippen molar-refractivity contribution in [2.45, 2.75) is 44.6 Å². The molecule has 2 rings (SSSR count). The van der Waals surface area contributed by atoms with Crippen LogP contribution < -0.4 is 10.5 Å². The van der Waals surface area contributed by atoms with Gasteiger partial charge >= 0.3 is 0 Å². The van der Waals surface area contributed by atoms with Crippen LogP contribution in [0.5, 0.6) is 5.75 Å². The molecule has 0 heterocycles. The summed E-state index contributed by atoms with van der Waals surface area (Å²) >= 11 is 0. The Morgan fingerprint density at radius 2 is 1.88 bits per heavy atom. The predicted molar refractivity (Wildman–Crippen MR) is 66.6 cm³/mol. The van der Waals surface area contributed by atoms with Gasteiger partial charge in [-0.3, -0.25) is 0 Å². The summed E-state index contributed by atoms with van der Waals surface area (Å²) in [5.74, 6) is 0.967. The number of rotatable bonds is 3. The lowest BCUT2D eigenvalue weighted by atomic mass is 9.77. The summed E-state index contributed by atoms with van der Waals surface area (Å²) < 4.78 is 5.68. The largest absolute Gasteiger partial charge is 0.494 e. The minimum atomic E-state index is -0.163. The zero-order chi connectivity index (χ0) is 11.4. The first-order valence-electron chi connectivity index (χ1n) is 6.27. The second kappa shape index (κ2) is 4.88.